The Hall–Kier alpha value is -3.27. The molecule has 1 amide bonds. The van der Waals surface area contributed by atoms with E-state index >= 15 is 0 Å². The van der Waals surface area contributed by atoms with Crippen molar-refractivity contribution in [1.82, 2.24) is 4.72 Å². The highest BCUT2D eigenvalue weighted by molar-refractivity contribution is 7.90. The molecule has 24 heavy (non-hydrogen) atoms. The highest BCUT2D eigenvalue weighted by atomic mass is 32.2. The van der Waals surface area contributed by atoms with Crippen LogP contribution in [0.3, 0.4) is 0 Å². The van der Waals surface area contributed by atoms with E-state index in [2.05, 4.69) is 0 Å². The van der Waals surface area contributed by atoms with E-state index in [0.29, 0.717) is 0 Å². The third-order valence-electron chi connectivity index (χ3n) is 2.96. The average molecular weight is 353 g/mol. The smallest absolute Gasteiger partial charge is 0.335 e. The predicted octanol–water partition coefficient (Wildman–Crippen LogP) is 0.620. The fraction of sp³-hybridized carbons (Fsp3) is 0. The van der Waals surface area contributed by atoms with Gasteiger partial charge in [-0.3, -0.25) is 4.79 Å². The molecule has 0 atom stereocenters. The van der Waals surface area contributed by atoms with Crippen LogP contribution in [0.2, 0.25) is 0 Å². The highest BCUT2D eigenvalue weighted by Crippen LogP contribution is 2.35. The van der Waals surface area contributed by atoms with Gasteiger partial charge in [0.25, 0.3) is 15.9 Å². The monoisotopic (exact) mass is 353 g/mol. The number of aromatic hydroxyl groups is 3. The largest absolute Gasteiger partial charge is 0.504 e. The van der Waals surface area contributed by atoms with E-state index in [1.165, 1.54) is 12.1 Å². The number of amides is 1. The maximum absolute atomic E-state index is 11.1. The molecule has 0 spiro atoms. The van der Waals surface area contributed by atoms with Crippen LogP contribution in [0.25, 0.3) is 0 Å². The van der Waals surface area contributed by atoms with Crippen LogP contribution in [-0.2, 0) is 10.0 Å². The van der Waals surface area contributed by atoms with Crippen LogP contribution in [0, 0.1) is 0 Å². The number of rotatable bonds is 1. The Morgan fingerprint density at radius 1 is 1.00 bits per heavy atom. The first kappa shape index (κ1) is 17.1. The second-order valence-electron chi connectivity index (χ2n) is 4.60. The molecule has 9 nitrogen and oxygen atoms in total. The molecule has 3 rings (SSSR count). The van der Waals surface area contributed by atoms with Crippen LogP contribution in [0.15, 0.2) is 41.3 Å². The molecule has 0 unspecified atom stereocenters. The normalized spacial score (nSPS) is 14.1. The summed E-state index contributed by atoms with van der Waals surface area (Å²) >= 11 is 0. The second-order valence-corrected chi connectivity index (χ2v) is 6.25. The first-order chi connectivity index (χ1) is 11.1. The quantitative estimate of drug-likeness (QED) is 0.466. The van der Waals surface area contributed by atoms with E-state index in [4.69, 9.17) is 20.4 Å². The van der Waals surface area contributed by atoms with Gasteiger partial charge in [0, 0.05) is 0 Å². The van der Waals surface area contributed by atoms with Crippen LogP contribution in [-0.4, -0.2) is 40.7 Å². The van der Waals surface area contributed by atoms with Gasteiger partial charge in [-0.25, -0.2) is 17.9 Å². The fourth-order valence-electron chi connectivity index (χ4n) is 1.85. The lowest BCUT2D eigenvalue weighted by Gasteiger charge is -2.01. The summed E-state index contributed by atoms with van der Waals surface area (Å²) in [7, 11) is -3.55. The van der Waals surface area contributed by atoms with Gasteiger partial charge in [-0.15, -0.1) is 0 Å². The average Bonchev–Trinajstić information content (AvgIpc) is 2.75. The van der Waals surface area contributed by atoms with Gasteiger partial charge in [0.05, 0.1) is 11.1 Å². The van der Waals surface area contributed by atoms with E-state index in [9.17, 15) is 18.0 Å². The van der Waals surface area contributed by atoms with Crippen molar-refractivity contribution >= 4 is 21.9 Å². The molecule has 5 N–H and O–H groups in total. The van der Waals surface area contributed by atoms with E-state index in [-0.39, 0.29) is 16.0 Å². The molecule has 0 fully saturated rings. The first-order valence-corrected chi connectivity index (χ1v) is 7.76. The number of benzene rings is 2. The first-order valence-electron chi connectivity index (χ1n) is 6.28. The highest BCUT2D eigenvalue weighted by Gasteiger charge is 2.31. The number of carbonyl (C=O) groups is 2. The Bertz CT molecular complexity index is 913. The zero-order valence-corrected chi connectivity index (χ0v) is 12.6. The SMILES string of the molecule is O=C(O)c1cc(O)c(O)c(O)c1.O=C1NS(=O)(=O)c2ccccc21. The molecule has 1 aliphatic rings. The predicted molar refractivity (Wildman–Crippen MR) is 79.5 cm³/mol. The zero-order chi connectivity index (χ0) is 18.1. The van der Waals surface area contributed by atoms with Crippen molar-refractivity contribution in [3.05, 3.63) is 47.5 Å². The molecule has 0 saturated carbocycles. The van der Waals surface area contributed by atoms with E-state index in [0.717, 1.165) is 12.1 Å². The Kier molecular flexibility index (Phi) is 4.33. The van der Waals surface area contributed by atoms with Gasteiger partial charge < -0.3 is 20.4 Å². The van der Waals surface area contributed by atoms with Crippen LogP contribution in [0.4, 0.5) is 0 Å². The van der Waals surface area contributed by atoms with Gasteiger partial charge in [0.2, 0.25) is 0 Å². The van der Waals surface area contributed by atoms with Crippen molar-refractivity contribution < 1.29 is 38.4 Å². The lowest BCUT2D eigenvalue weighted by Crippen LogP contribution is -2.20. The number of nitrogens with one attached hydrogen (secondary N) is 1. The standard InChI is InChI=1S/C7H5NO3S.C7H6O5/c9-7-5-3-1-2-4-6(5)12(10,11)8-7;8-4-1-3(7(11)12)2-5(9)6(4)10/h1-4H,(H,8,9);1-2,8-10H,(H,11,12). The number of fused-ring (bicyclic) bond motifs is 1. The van der Waals surface area contributed by atoms with Gasteiger partial charge in [-0.05, 0) is 24.3 Å². The van der Waals surface area contributed by atoms with Crippen molar-refractivity contribution in [1.29, 1.82) is 0 Å². The molecule has 1 heterocycles. The molecular weight excluding hydrogens is 342 g/mol. The minimum Gasteiger partial charge on any atom is -0.504 e. The summed E-state index contributed by atoms with van der Waals surface area (Å²) in [6.45, 7) is 0. The van der Waals surface area contributed by atoms with Crippen molar-refractivity contribution in [3.63, 3.8) is 0 Å². The van der Waals surface area contributed by atoms with Gasteiger partial charge >= 0.3 is 5.97 Å². The van der Waals surface area contributed by atoms with Crippen molar-refractivity contribution in [2.75, 3.05) is 0 Å². The number of phenolic OH excluding ortho intramolecular Hbond substituents is 3. The van der Waals surface area contributed by atoms with Crippen LogP contribution < -0.4 is 4.72 Å². The molecule has 0 bridgehead atoms. The summed E-state index contributed by atoms with van der Waals surface area (Å²) in [5, 5.41) is 35.0. The molecular formula is C14H11NO8S. The molecule has 0 saturated heterocycles. The maximum Gasteiger partial charge on any atom is 0.335 e. The van der Waals surface area contributed by atoms with Crippen LogP contribution in [0.5, 0.6) is 17.2 Å². The van der Waals surface area contributed by atoms with E-state index in [1.54, 1.807) is 12.1 Å². The fourth-order valence-corrected chi connectivity index (χ4v) is 3.02. The number of hydrogen-bond donors (Lipinski definition) is 5. The maximum atomic E-state index is 11.1. The van der Waals surface area contributed by atoms with Crippen LogP contribution in [0.1, 0.15) is 20.7 Å². The van der Waals surface area contributed by atoms with Gasteiger partial charge in [-0.1, -0.05) is 12.1 Å². The third-order valence-corrected chi connectivity index (χ3v) is 4.35. The Morgan fingerprint density at radius 3 is 2.04 bits per heavy atom. The number of phenols is 3. The lowest BCUT2D eigenvalue weighted by molar-refractivity contribution is 0.0695. The van der Waals surface area contributed by atoms with E-state index < -0.39 is 39.1 Å². The summed E-state index contributed by atoms with van der Waals surface area (Å²) in [6, 6.07) is 7.78. The molecule has 1 aliphatic heterocycles. The number of carbonyl (C=O) groups excluding carboxylic acids is 1. The zero-order valence-electron chi connectivity index (χ0n) is 11.8. The summed E-state index contributed by atoms with van der Waals surface area (Å²) in [4.78, 5) is 21.4. The van der Waals surface area contributed by atoms with Gasteiger partial charge in [0.1, 0.15) is 4.90 Å². The molecule has 126 valence electrons. The van der Waals surface area contributed by atoms with Gasteiger partial charge in [0.15, 0.2) is 17.2 Å². The number of sulfonamides is 1. The number of carboxylic acid groups (broad SMARTS) is 1. The van der Waals surface area contributed by atoms with E-state index in [1.807, 2.05) is 4.72 Å². The molecule has 0 aliphatic carbocycles. The topological polar surface area (TPSA) is 161 Å². The summed E-state index contributed by atoms with van der Waals surface area (Å²) in [6.07, 6.45) is 0. The molecule has 10 heteroatoms. The molecule has 0 radical (unpaired) electrons. The summed E-state index contributed by atoms with van der Waals surface area (Å²) in [5.41, 5.74) is -0.0692. The second kappa shape index (κ2) is 6.08. The molecule has 2 aromatic rings. The van der Waals surface area contributed by atoms with Gasteiger partial charge in [-0.2, -0.15) is 0 Å². The molecule has 2 aromatic carbocycles. The Balaban J connectivity index is 0.000000174. The minimum absolute atomic E-state index is 0.0648. The minimum atomic E-state index is -3.55. The Morgan fingerprint density at radius 2 is 1.54 bits per heavy atom. The summed E-state index contributed by atoms with van der Waals surface area (Å²) < 4.78 is 24.2. The van der Waals surface area contributed by atoms with Crippen molar-refractivity contribution in [2.45, 2.75) is 4.90 Å². The number of hydrogen-bond acceptors (Lipinski definition) is 7. The van der Waals surface area contributed by atoms with Crippen molar-refractivity contribution in [2.24, 2.45) is 0 Å². The van der Waals surface area contributed by atoms with Crippen molar-refractivity contribution in [3.8, 4) is 17.2 Å². The van der Waals surface area contributed by atoms with Crippen LogP contribution >= 0.6 is 0 Å². The third kappa shape index (κ3) is 3.22. The molecule has 0 aromatic heterocycles. The lowest BCUT2D eigenvalue weighted by atomic mass is 10.2. The summed E-state index contributed by atoms with van der Waals surface area (Å²) in [5.74, 6) is -3.88. The number of carboxylic acids is 1. The Labute approximate surface area is 135 Å². The number of aromatic carboxylic acids is 1.